The van der Waals surface area contributed by atoms with Crippen LogP contribution >= 0.6 is 0 Å². The fraction of sp³-hybridized carbons (Fsp3) is 0.409. The molecule has 2 atom stereocenters. The number of carboxylic acid groups (broad SMARTS) is 1. The fourth-order valence-electron chi connectivity index (χ4n) is 3.97. The fourth-order valence-corrected chi connectivity index (χ4v) is 3.97. The lowest BCUT2D eigenvalue weighted by atomic mass is 9.73. The van der Waals surface area contributed by atoms with Gasteiger partial charge in [0, 0.05) is 32.4 Å². The molecular weight excluding hydrogens is 372 g/mol. The van der Waals surface area contributed by atoms with Crippen LogP contribution < -0.4 is 5.56 Å². The van der Waals surface area contributed by atoms with Gasteiger partial charge < -0.3 is 19.7 Å². The molecule has 1 aromatic heterocycles. The molecule has 0 saturated carbocycles. The number of pyridine rings is 1. The number of aryl methyl sites for hydroxylation is 2. The third kappa shape index (κ3) is 4.40. The Bertz CT molecular complexity index is 940. The van der Waals surface area contributed by atoms with Gasteiger partial charge in [-0.2, -0.15) is 0 Å². The van der Waals surface area contributed by atoms with Crippen LogP contribution in [0.4, 0.5) is 0 Å². The summed E-state index contributed by atoms with van der Waals surface area (Å²) < 4.78 is 1.32. The molecule has 1 aromatic carbocycles. The van der Waals surface area contributed by atoms with Gasteiger partial charge in [0.2, 0.25) is 5.56 Å². The first-order chi connectivity index (χ1) is 13.8. The van der Waals surface area contributed by atoms with Crippen molar-refractivity contribution in [3.05, 3.63) is 70.1 Å². The van der Waals surface area contributed by atoms with E-state index in [1.807, 2.05) is 30.3 Å². The van der Waals surface area contributed by atoms with Crippen LogP contribution in [0.25, 0.3) is 0 Å². The van der Waals surface area contributed by atoms with Gasteiger partial charge in [0.25, 0.3) is 5.91 Å². The van der Waals surface area contributed by atoms with Crippen LogP contribution in [0.5, 0.6) is 0 Å². The number of aliphatic carboxylic acids is 1. The standard InChI is InChI=1S/C22H26N2O5/c1-23-14-17(9-10-19(23)26)20(27)24-13-11-18(25)22(15-24,21(28)29)12-5-8-16-6-3-2-4-7-16/h2-4,6-7,9-10,14,18,25H,5,8,11-13,15H2,1H3,(H,28,29)/t18-,22+/m0/s1. The molecule has 2 aromatic rings. The highest BCUT2D eigenvalue weighted by Gasteiger charge is 2.49. The summed E-state index contributed by atoms with van der Waals surface area (Å²) in [5.74, 6) is -1.42. The third-order valence-corrected chi connectivity index (χ3v) is 5.76. The van der Waals surface area contributed by atoms with E-state index in [4.69, 9.17) is 0 Å². The SMILES string of the molecule is Cn1cc(C(=O)N2CC[C@H](O)[C@](CCCc3ccccc3)(C(=O)O)C2)ccc1=O. The average Bonchev–Trinajstić information content (AvgIpc) is 2.71. The van der Waals surface area contributed by atoms with E-state index in [1.165, 1.54) is 27.8 Å². The van der Waals surface area contributed by atoms with E-state index in [0.29, 0.717) is 18.4 Å². The number of benzene rings is 1. The van der Waals surface area contributed by atoms with Gasteiger partial charge in [0.1, 0.15) is 5.41 Å². The van der Waals surface area contributed by atoms with Crippen LogP contribution in [0.2, 0.25) is 0 Å². The first kappa shape index (κ1) is 20.8. The number of aliphatic hydroxyl groups excluding tert-OH is 1. The van der Waals surface area contributed by atoms with Gasteiger partial charge >= 0.3 is 5.97 Å². The summed E-state index contributed by atoms with van der Waals surface area (Å²) >= 11 is 0. The zero-order chi connectivity index (χ0) is 21.0. The molecule has 2 heterocycles. The van der Waals surface area contributed by atoms with Crippen LogP contribution in [0.1, 0.15) is 35.2 Å². The molecule has 1 aliphatic heterocycles. The van der Waals surface area contributed by atoms with Crippen LogP contribution in [0, 0.1) is 5.41 Å². The number of piperidine rings is 1. The molecular formula is C22H26N2O5. The maximum atomic E-state index is 12.9. The Morgan fingerprint density at radius 1 is 1.17 bits per heavy atom. The van der Waals surface area contributed by atoms with E-state index in [9.17, 15) is 24.6 Å². The minimum Gasteiger partial charge on any atom is -0.481 e. The van der Waals surface area contributed by atoms with Crippen molar-refractivity contribution in [1.29, 1.82) is 0 Å². The number of amides is 1. The second-order valence-electron chi connectivity index (χ2n) is 7.70. The van der Waals surface area contributed by atoms with Crippen molar-refractivity contribution in [3.8, 4) is 0 Å². The van der Waals surface area contributed by atoms with E-state index in [-0.39, 0.29) is 37.4 Å². The smallest absolute Gasteiger partial charge is 0.314 e. The van der Waals surface area contributed by atoms with Gasteiger partial charge in [-0.15, -0.1) is 0 Å². The summed E-state index contributed by atoms with van der Waals surface area (Å²) in [6.07, 6.45) is 2.21. The molecule has 0 aliphatic carbocycles. The molecule has 1 saturated heterocycles. The Hall–Kier alpha value is -2.93. The van der Waals surface area contributed by atoms with Crippen LogP contribution in [0.3, 0.4) is 0 Å². The number of carbonyl (C=O) groups is 2. The Kier molecular flexibility index (Phi) is 6.17. The molecule has 3 rings (SSSR count). The number of aliphatic hydroxyl groups is 1. The molecule has 1 fully saturated rings. The second-order valence-corrected chi connectivity index (χ2v) is 7.70. The molecule has 0 radical (unpaired) electrons. The maximum Gasteiger partial charge on any atom is 0.314 e. The molecule has 1 amide bonds. The zero-order valence-corrected chi connectivity index (χ0v) is 16.5. The lowest BCUT2D eigenvalue weighted by molar-refractivity contribution is -0.162. The summed E-state index contributed by atoms with van der Waals surface area (Å²) in [4.78, 5) is 38.1. The number of aromatic nitrogens is 1. The Morgan fingerprint density at radius 2 is 1.90 bits per heavy atom. The molecule has 154 valence electrons. The number of carboxylic acids is 1. The van der Waals surface area contributed by atoms with Gasteiger partial charge in [0.05, 0.1) is 11.7 Å². The van der Waals surface area contributed by atoms with E-state index >= 15 is 0 Å². The summed E-state index contributed by atoms with van der Waals surface area (Å²) in [6, 6.07) is 12.5. The topological polar surface area (TPSA) is 99.8 Å². The normalized spacial score (nSPS) is 21.7. The van der Waals surface area contributed by atoms with Crippen LogP contribution in [-0.2, 0) is 18.3 Å². The van der Waals surface area contributed by atoms with Crippen molar-refractivity contribution in [1.82, 2.24) is 9.47 Å². The molecule has 0 unspecified atom stereocenters. The van der Waals surface area contributed by atoms with Crippen molar-refractivity contribution in [2.75, 3.05) is 13.1 Å². The number of nitrogens with zero attached hydrogens (tertiary/aromatic N) is 2. The van der Waals surface area contributed by atoms with Gasteiger partial charge in [-0.25, -0.2) is 0 Å². The van der Waals surface area contributed by atoms with Crippen molar-refractivity contribution in [3.63, 3.8) is 0 Å². The van der Waals surface area contributed by atoms with Crippen molar-refractivity contribution < 1.29 is 19.8 Å². The van der Waals surface area contributed by atoms with Gasteiger partial charge in [0.15, 0.2) is 0 Å². The first-order valence-corrected chi connectivity index (χ1v) is 9.75. The number of carbonyl (C=O) groups excluding carboxylic acids is 1. The second kappa shape index (κ2) is 8.61. The number of hydrogen-bond donors (Lipinski definition) is 2. The van der Waals surface area contributed by atoms with Crippen molar-refractivity contribution in [2.24, 2.45) is 12.5 Å². The van der Waals surface area contributed by atoms with E-state index in [0.717, 1.165) is 5.56 Å². The summed E-state index contributed by atoms with van der Waals surface area (Å²) in [5.41, 5.74) is -0.191. The molecule has 0 bridgehead atoms. The predicted molar refractivity (Wildman–Crippen MR) is 108 cm³/mol. The quantitative estimate of drug-likeness (QED) is 0.771. The van der Waals surface area contributed by atoms with Gasteiger partial charge in [-0.1, -0.05) is 30.3 Å². The van der Waals surface area contributed by atoms with E-state index in [1.54, 1.807) is 7.05 Å². The van der Waals surface area contributed by atoms with Crippen molar-refractivity contribution in [2.45, 2.75) is 31.8 Å². The largest absolute Gasteiger partial charge is 0.481 e. The van der Waals surface area contributed by atoms with E-state index < -0.39 is 17.5 Å². The van der Waals surface area contributed by atoms with Crippen molar-refractivity contribution >= 4 is 11.9 Å². The lowest BCUT2D eigenvalue weighted by Gasteiger charge is -2.43. The summed E-state index contributed by atoms with van der Waals surface area (Å²) in [6.45, 7) is 0.219. The Balaban J connectivity index is 1.76. The summed E-state index contributed by atoms with van der Waals surface area (Å²) in [7, 11) is 1.56. The lowest BCUT2D eigenvalue weighted by Crippen LogP contribution is -2.57. The minimum absolute atomic E-state index is 0.0556. The number of hydrogen-bond acceptors (Lipinski definition) is 4. The molecule has 29 heavy (non-hydrogen) atoms. The molecule has 7 nitrogen and oxygen atoms in total. The molecule has 1 aliphatic rings. The average molecular weight is 398 g/mol. The molecule has 0 spiro atoms. The maximum absolute atomic E-state index is 12.9. The molecule has 2 N–H and O–H groups in total. The number of likely N-dealkylation sites (tertiary alicyclic amines) is 1. The highest BCUT2D eigenvalue weighted by molar-refractivity contribution is 5.94. The monoisotopic (exact) mass is 398 g/mol. The molecule has 7 heteroatoms. The third-order valence-electron chi connectivity index (χ3n) is 5.76. The predicted octanol–water partition coefficient (Wildman–Crippen LogP) is 1.69. The first-order valence-electron chi connectivity index (χ1n) is 9.75. The van der Waals surface area contributed by atoms with Crippen LogP contribution in [-0.4, -0.2) is 50.8 Å². The zero-order valence-electron chi connectivity index (χ0n) is 16.5. The Morgan fingerprint density at radius 3 is 2.55 bits per heavy atom. The number of rotatable bonds is 6. The Labute approximate surface area is 169 Å². The summed E-state index contributed by atoms with van der Waals surface area (Å²) in [5, 5.41) is 20.5. The highest BCUT2D eigenvalue weighted by Crippen LogP contribution is 2.36. The van der Waals surface area contributed by atoms with Gasteiger partial charge in [-0.05, 0) is 37.3 Å². The highest BCUT2D eigenvalue weighted by atomic mass is 16.4. The van der Waals surface area contributed by atoms with Crippen LogP contribution in [0.15, 0.2) is 53.5 Å². The van der Waals surface area contributed by atoms with E-state index in [2.05, 4.69) is 0 Å². The minimum atomic E-state index is -1.40. The van der Waals surface area contributed by atoms with Gasteiger partial charge in [-0.3, -0.25) is 14.4 Å².